The number of aromatic amines is 2. The van der Waals surface area contributed by atoms with Crippen molar-refractivity contribution in [3.63, 3.8) is 0 Å². The van der Waals surface area contributed by atoms with Crippen LogP contribution < -0.4 is 5.32 Å². The van der Waals surface area contributed by atoms with Crippen LogP contribution in [0.5, 0.6) is 0 Å². The van der Waals surface area contributed by atoms with Crippen molar-refractivity contribution >= 4 is 33.6 Å². The number of hydrogen-bond donors (Lipinski definition) is 3. The molecule has 2 amide bonds. The van der Waals surface area contributed by atoms with Crippen LogP contribution in [0, 0.1) is 0 Å². The summed E-state index contributed by atoms with van der Waals surface area (Å²) in [6.45, 7) is 5.79. The minimum atomic E-state index is -0.647. The molecule has 0 aliphatic rings. The minimum absolute atomic E-state index is 0.00283. The second-order valence-electron chi connectivity index (χ2n) is 9.60. The molecule has 6 nitrogen and oxygen atoms in total. The predicted molar refractivity (Wildman–Crippen MR) is 147 cm³/mol. The van der Waals surface area contributed by atoms with Crippen LogP contribution in [-0.4, -0.2) is 45.8 Å². The highest BCUT2D eigenvalue weighted by atomic mass is 16.2. The molecule has 0 spiro atoms. The lowest BCUT2D eigenvalue weighted by molar-refractivity contribution is -0.133. The van der Waals surface area contributed by atoms with E-state index < -0.39 is 6.04 Å². The summed E-state index contributed by atoms with van der Waals surface area (Å²) in [5.74, 6) is -0.261. The minimum Gasteiger partial charge on any atom is -0.361 e. The number of carbonyl (C=O) groups is 2. The van der Waals surface area contributed by atoms with Crippen molar-refractivity contribution in [2.24, 2.45) is 0 Å². The van der Waals surface area contributed by atoms with Gasteiger partial charge < -0.3 is 20.2 Å². The topological polar surface area (TPSA) is 81.0 Å². The number of benzene rings is 2. The van der Waals surface area contributed by atoms with E-state index in [4.69, 9.17) is 0 Å². The molecule has 0 aliphatic heterocycles. The number of aromatic nitrogens is 2. The first-order chi connectivity index (χ1) is 17.6. The zero-order valence-electron chi connectivity index (χ0n) is 21.5. The van der Waals surface area contributed by atoms with Crippen LogP contribution in [0.25, 0.3) is 21.8 Å². The van der Waals surface area contributed by atoms with E-state index in [0.29, 0.717) is 12.1 Å². The molecular weight excluding hydrogens is 448 g/mol. The highest BCUT2D eigenvalue weighted by Gasteiger charge is 2.28. The molecule has 2 aromatic carbocycles. The first-order valence-corrected chi connectivity index (χ1v) is 13.3. The number of nitrogens with one attached hydrogen (secondary N) is 3. The van der Waals surface area contributed by atoms with E-state index in [1.54, 1.807) is 0 Å². The van der Waals surface area contributed by atoms with Crippen molar-refractivity contribution in [3.8, 4) is 0 Å². The third kappa shape index (κ3) is 6.17. The molecule has 3 N–H and O–H groups in total. The summed E-state index contributed by atoms with van der Waals surface area (Å²) in [7, 11) is 0. The standard InChI is InChI=1S/C30H38N4O2/c1-3-5-11-17-34(18-12-6-4-2)30(36)28(20-23-21-31-26-16-10-8-14-24(23)26)33-29(35)27-19-22-13-7-9-15-25(22)32-27/h7-10,13-16,19,21,28,31-32H,3-6,11-12,17-18,20H2,1-2H3,(H,33,35)/t28-/m0/s1. The lowest BCUT2D eigenvalue weighted by Gasteiger charge is -2.28. The molecular formula is C30H38N4O2. The predicted octanol–water partition coefficient (Wildman–Crippen LogP) is 6.20. The van der Waals surface area contributed by atoms with E-state index in [1.165, 1.54) is 0 Å². The Labute approximate surface area is 213 Å². The number of rotatable bonds is 13. The third-order valence-electron chi connectivity index (χ3n) is 6.85. The summed E-state index contributed by atoms with van der Waals surface area (Å²) in [4.78, 5) is 35.7. The van der Waals surface area contributed by atoms with Crippen molar-refractivity contribution in [3.05, 3.63) is 72.1 Å². The van der Waals surface area contributed by atoms with E-state index in [1.807, 2.05) is 59.6 Å². The van der Waals surface area contributed by atoms with Gasteiger partial charge >= 0.3 is 0 Å². The Morgan fingerprint density at radius 1 is 0.889 bits per heavy atom. The maximum atomic E-state index is 13.9. The molecule has 0 unspecified atom stereocenters. The Balaban J connectivity index is 1.59. The number of carbonyl (C=O) groups excluding carboxylic acids is 2. The van der Waals surface area contributed by atoms with Crippen LogP contribution in [0.1, 0.15) is 68.4 Å². The number of amides is 2. The number of unbranched alkanes of at least 4 members (excludes halogenated alkanes) is 4. The smallest absolute Gasteiger partial charge is 0.268 e. The van der Waals surface area contributed by atoms with Gasteiger partial charge in [0, 0.05) is 47.5 Å². The van der Waals surface area contributed by atoms with Crippen molar-refractivity contribution in [1.29, 1.82) is 0 Å². The lowest BCUT2D eigenvalue weighted by Crippen LogP contribution is -2.50. The maximum Gasteiger partial charge on any atom is 0.268 e. The molecule has 190 valence electrons. The van der Waals surface area contributed by atoms with Gasteiger partial charge in [-0.05, 0) is 36.6 Å². The van der Waals surface area contributed by atoms with Crippen LogP contribution in [0.2, 0.25) is 0 Å². The number of hydrogen-bond acceptors (Lipinski definition) is 2. The van der Waals surface area contributed by atoms with Crippen LogP contribution in [0.4, 0.5) is 0 Å². The highest BCUT2D eigenvalue weighted by molar-refractivity contribution is 6.00. The Morgan fingerprint density at radius 2 is 1.56 bits per heavy atom. The van der Waals surface area contributed by atoms with Crippen LogP contribution >= 0.6 is 0 Å². The van der Waals surface area contributed by atoms with Crippen molar-refractivity contribution in [2.75, 3.05) is 13.1 Å². The summed E-state index contributed by atoms with van der Waals surface area (Å²) >= 11 is 0. The number of fused-ring (bicyclic) bond motifs is 2. The zero-order chi connectivity index (χ0) is 25.3. The average molecular weight is 487 g/mol. The molecule has 1 atom stereocenters. The SMILES string of the molecule is CCCCCN(CCCCC)C(=O)[C@H](Cc1c[nH]c2ccccc12)NC(=O)c1cc2ccccc2[nH]1. The molecule has 4 rings (SSSR count). The fraction of sp³-hybridized carbons (Fsp3) is 0.400. The number of H-pyrrole nitrogens is 2. The molecule has 0 saturated heterocycles. The van der Waals surface area contributed by atoms with E-state index in [2.05, 4.69) is 35.2 Å². The van der Waals surface area contributed by atoms with Crippen LogP contribution in [0.15, 0.2) is 60.8 Å². The van der Waals surface area contributed by atoms with Gasteiger partial charge in [-0.1, -0.05) is 75.9 Å². The number of para-hydroxylation sites is 2. The number of nitrogens with zero attached hydrogens (tertiary/aromatic N) is 1. The summed E-state index contributed by atoms with van der Waals surface area (Å²) in [5, 5.41) is 5.14. The molecule has 0 saturated carbocycles. The summed E-state index contributed by atoms with van der Waals surface area (Å²) in [5.41, 5.74) is 3.44. The summed E-state index contributed by atoms with van der Waals surface area (Å²) in [6, 6.07) is 17.1. The first kappa shape index (κ1) is 25.5. The van der Waals surface area contributed by atoms with E-state index >= 15 is 0 Å². The van der Waals surface area contributed by atoms with Gasteiger partial charge in [-0.15, -0.1) is 0 Å². The van der Waals surface area contributed by atoms with Crippen molar-refractivity contribution in [1.82, 2.24) is 20.2 Å². The van der Waals surface area contributed by atoms with Gasteiger partial charge in [-0.2, -0.15) is 0 Å². The van der Waals surface area contributed by atoms with Gasteiger partial charge in [0.25, 0.3) is 5.91 Å². The van der Waals surface area contributed by atoms with Crippen molar-refractivity contribution in [2.45, 2.75) is 64.8 Å². The Hall–Kier alpha value is -3.54. The molecule has 36 heavy (non-hydrogen) atoms. The molecule has 0 bridgehead atoms. The zero-order valence-corrected chi connectivity index (χ0v) is 21.5. The maximum absolute atomic E-state index is 13.9. The first-order valence-electron chi connectivity index (χ1n) is 13.3. The molecule has 2 aromatic heterocycles. The highest BCUT2D eigenvalue weighted by Crippen LogP contribution is 2.21. The van der Waals surface area contributed by atoms with E-state index in [0.717, 1.165) is 79.0 Å². The lowest BCUT2D eigenvalue weighted by atomic mass is 10.0. The fourth-order valence-corrected chi connectivity index (χ4v) is 4.81. The van der Waals surface area contributed by atoms with E-state index in [-0.39, 0.29) is 11.8 Å². The fourth-order valence-electron chi connectivity index (χ4n) is 4.81. The molecule has 0 fully saturated rings. The van der Waals surface area contributed by atoms with Crippen molar-refractivity contribution < 1.29 is 9.59 Å². The van der Waals surface area contributed by atoms with E-state index in [9.17, 15) is 9.59 Å². The van der Waals surface area contributed by atoms with Gasteiger partial charge in [0.1, 0.15) is 11.7 Å². The Morgan fingerprint density at radius 3 is 2.25 bits per heavy atom. The Kier molecular flexibility index (Phi) is 8.82. The second-order valence-corrected chi connectivity index (χ2v) is 9.60. The Bertz CT molecular complexity index is 1250. The largest absolute Gasteiger partial charge is 0.361 e. The van der Waals surface area contributed by atoms with Gasteiger partial charge in [0.05, 0.1) is 0 Å². The summed E-state index contributed by atoms with van der Waals surface area (Å²) < 4.78 is 0. The monoisotopic (exact) mass is 486 g/mol. The second kappa shape index (κ2) is 12.4. The van der Waals surface area contributed by atoms with Gasteiger partial charge in [-0.3, -0.25) is 9.59 Å². The molecule has 6 heteroatoms. The van der Waals surface area contributed by atoms with Gasteiger partial charge in [0.15, 0.2) is 0 Å². The molecule has 0 aliphatic carbocycles. The molecule has 2 heterocycles. The van der Waals surface area contributed by atoms with Crippen LogP contribution in [-0.2, 0) is 11.2 Å². The quantitative estimate of drug-likeness (QED) is 0.197. The normalized spacial score (nSPS) is 12.2. The average Bonchev–Trinajstić information content (AvgIpc) is 3.52. The van der Waals surface area contributed by atoms with Crippen LogP contribution in [0.3, 0.4) is 0 Å². The van der Waals surface area contributed by atoms with Gasteiger partial charge in [-0.25, -0.2) is 0 Å². The summed E-state index contributed by atoms with van der Waals surface area (Å²) in [6.07, 6.45) is 8.73. The molecule has 4 aromatic rings. The molecule has 0 radical (unpaired) electrons. The third-order valence-corrected chi connectivity index (χ3v) is 6.85. The van der Waals surface area contributed by atoms with Gasteiger partial charge in [0.2, 0.25) is 5.91 Å².